The van der Waals surface area contributed by atoms with Gasteiger partial charge in [-0.25, -0.2) is 0 Å². The van der Waals surface area contributed by atoms with Crippen LogP contribution in [-0.4, -0.2) is 5.97 Å². The number of carboxylic acid groups (broad SMARTS) is 1. The van der Waals surface area contributed by atoms with E-state index in [9.17, 15) is 9.90 Å². The summed E-state index contributed by atoms with van der Waals surface area (Å²) in [6.07, 6.45) is 2.50. The predicted octanol–water partition coefficient (Wildman–Crippen LogP) is 1.12. The lowest BCUT2D eigenvalue weighted by Gasteiger charge is -2.43. The largest absolute Gasteiger partial charge is 0.550 e. The van der Waals surface area contributed by atoms with Crippen LogP contribution < -0.4 is 5.11 Å². The SMILES string of the molecule is C=C1[C@H]2CC[C@](C(=O)[O-])(C2)C1(C)C. The molecule has 0 unspecified atom stereocenters. The standard InChI is InChI=1S/C11H16O2/c1-7-8-4-5-11(6-8,9(12)13)10(7,2)3/h8H,1,4-6H2,2-3H3,(H,12,13)/p-1/t8-,11+/m0/s1. The molecule has 0 N–H and O–H groups in total. The molecule has 13 heavy (non-hydrogen) atoms. The highest BCUT2D eigenvalue weighted by Crippen LogP contribution is 2.66. The molecule has 0 aromatic carbocycles. The van der Waals surface area contributed by atoms with Crippen LogP contribution in [0, 0.1) is 16.7 Å². The van der Waals surface area contributed by atoms with Crippen LogP contribution in [0.4, 0.5) is 0 Å². The van der Waals surface area contributed by atoms with E-state index < -0.39 is 11.4 Å². The first-order valence-electron chi connectivity index (χ1n) is 4.82. The Morgan fingerprint density at radius 3 is 2.54 bits per heavy atom. The summed E-state index contributed by atoms with van der Waals surface area (Å²) in [6.45, 7) is 8.01. The maximum atomic E-state index is 11.2. The lowest BCUT2D eigenvalue weighted by atomic mass is 9.63. The fourth-order valence-corrected chi connectivity index (χ4v) is 3.17. The van der Waals surface area contributed by atoms with Crippen LogP contribution in [0.3, 0.4) is 0 Å². The van der Waals surface area contributed by atoms with Crippen LogP contribution in [0.5, 0.6) is 0 Å². The Labute approximate surface area is 78.6 Å². The number of carbonyl (C=O) groups is 1. The van der Waals surface area contributed by atoms with Crippen LogP contribution in [0.25, 0.3) is 0 Å². The first kappa shape index (κ1) is 8.79. The van der Waals surface area contributed by atoms with Crippen molar-refractivity contribution in [3.05, 3.63) is 12.2 Å². The van der Waals surface area contributed by atoms with Crippen LogP contribution in [-0.2, 0) is 4.79 Å². The van der Waals surface area contributed by atoms with Gasteiger partial charge in [-0.3, -0.25) is 0 Å². The summed E-state index contributed by atoms with van der Waals surface area (Å²) in [4.78, 5) is 11.2. The summed E-state index contributed by atoms with van der Waals surface area (Å²) in [5.41, 5.74) is 0.228. The third kappa shape index (κ3) is 0.767. The molecular formula is C11H15O2-. The van der Waals surface area contributed by atoms with E-state index in [0.717, 1.165) is 24.8 Å². The molecule has 0 spiro atoms. The minimum Gasteiger partial charge on any atom is -0.550 e. The number of carboxylic acids is 1. The highest BCUT2D eigenvalue weighted by atomic mass is 16.4. The molecule has 0 aliphatic heterocycles. The Kier molecular flexibility index (Phi) is 1.47. The van der Waals surface area contributed by atoms with E-state index in [1.807, 2.05) is 13.8 Å². The van der Waals surface area contributed by atoms with E-state index in [1.54, 1.807) is 0 Å². The van der Waals surface area contributed by atoms with Crippen molar-refractivity contribution in [2.75, 3.05) is 0 Å². The molecule has 0 aromatic rings. The highest BCUT2D eigenvalue weighted by Gasteiger charge is 2.59. The van der Waals surface area contributed by atoms with Gasteiger partial charge in [-0.15, -0.1) is 0 Å². The lowest BCUT2D eigenvalue weighted by Crippen LogP contribution is -2.48. The van der Waals surface area contributed by atoms with Gasteiger partial charge in [0.25, 0.3) is 0 Å². The van der Waals surface area contributed by atoms with Gasteiger partial charge < -0.3 is 9.90 Å². The average molecular weight is 179 g/mol. The zero-order chi connectivity index (χ0) is 9.85. The van der Waals surface area contributed by atoms with Gasteiger partial charge in [0.2, 0.25) is 0 Å². The molecule has 0 radical (unpaired) electrons. The van der Waals surface area contributed by atoms with Crippen molar-refractivity contribution < 1.29 is 9.90 Å². The van der Waals surface area contributed by atoms with Crippen LogP contribution >= 0.6 is 0 Å². The molecule has 2 aliphatic carbocycles. The summed E-state index contributed by atoms with van der Waals surface area (Å²) in [7, 11) is 0. The molecule has 0 saturated heterocycles. The van der Waals surface area contributed by atoms with Crippen molar-refractivity contribution in [1.82, 2.24) is 0 Å². The number of carbonyl (C=O) groups excluding carboxylic acids is 1. The molecular weight excluding hydrogens is 164 g/mol. The molecule has 2 nitrogen and oxygen atoms in total. The maximum absolute atomic E-state index is 11.2. The quantitative estimate of drug-likeness (QED) is 0.566. The first-order chi connectivity index (χ1) is 5.92. The van der Waals surface area contributed by atoms with E-state index in [1.165, 1.54) is 0 Å². The zero-order valence-corrected chi connectivity index (χ0v) is 8.22. The number of hydrogen-bond donors (Lipinski definition) is 0. The summed E-state index contributed by atoms with van der Waals surface area (Å²) in [6, 6.07) is 0. The van der Waals surface area contributed by atoms with Gasteiger partial charge in [-0.1, -0.05) is 26.0 Å². The minimum atomic E-state index is -0.876. The molecule has 2 saturated carbocycles. The number of allylic oxidation sites excluding steroid dienone is 1. The van der Waals surface area contributed by atoms with E-state index in [2.05, 4.69) is 6.58 Å². The topological polar surface area (TPSA) is 40.1 Å². The van der Waals surface area contributed by atoms with E-state index in [0.29, 0.717) is 5.92 Å². The molecule has 0 amide bonds. The summed E-state index contributed by atoms with van der Waals surface area (Å²) in [5, 5.41) is 11.2. The molecule has 2 heteroatoms. The summed E-state index contributed by atoms with van der Waals surface area (Å²) in [5.74, 6) is -0.452. The van der Waals surface area contributed by atoms with Crippen molar-refractivity contribution in [2.45, 2.75) is 33.1 Å². The second-order valence-electron chi connectivity index (χ2n) is 4.96. The molecule has 2 rings (SSSR count). The zero-order valence-electron chi connectivity index (χ0n) is 8.22. The smallest absolute Gasteiger partial charge is 0.0485 e. The van der Waals surface area contributed by atoms with E-state index >= 15 is 0 Å². The van der Waals surface area contributed by atoms with Crippen molar-refractivity contribution >= 4 is 5.97 Å². The Balaban J connectivity index is 2.50. The average Bonchev–Trinajstić information content (AvgIpc) is 2.53. The monoisotopic (exact) mass is 179 g/mol. The Bertz CT molecular complexity index is 290. The number of fused-ring (bicyclic) bond motifs is 2. The van der Waals surface area contributed by atoms with Gasteiger partial charge in [-0.05, 0) is 30.6 Å². The van der Waals surface area contributed by atoms with Gasteiger partial charge in [0.1, 0.15) is 0 Å². The number of aliphatic carboxylic acids is 1. The number of hydrogen-bond acceptors (Lipinski definition) is 2. The highest BCUT2D eigenvalue weighted by molar-refractivity contribution is 5.76. The second-order valence-corrected chi connectivity index (χ2v) is 4.96. The van der Waals surface area contributed by atoms with Gasteiger partial charge in [0.15, 0.2) is 0 Å². The maximum Gasteiger partial charge on any atom is 0.0485 e. The van der Waals surface area contributed by atoms with Crippen molar-refractivity contribution in [2.24, 2.45) is 16.7 Å². The van der Waals surface area contributed by atoms with Crippen LogP contribution in [0.15, 0.2) is 12.2 Å². The van der Waals surface area contributed by atoms with Crippen molar-refractivity contribution in [3.8, 4) is 0 Å². The Morgan fingerprint density at radius 1 is 1.62 bits per heavy atom. The van der Waals surface area contributed by atoms with Crippen LogP contribution in [0.1, 0.15) is 33.1 Å². The molecule has 0 heterocycles. The number of rotatable bonds is 1. The Morgan fingerprint density at radius 2 is 2.23 bits per heavy atom. The Hall–Kier alpha value is -0.790. The molecule has 2 aliphatic rings. The first-order valence-corrected chi connectivity index (χ1v) is 4.82. The second kappa shape index (κ2) is 2.17. The summed E-state index contributed by atoms with van der Waals surface area (Å²) >= 11 is 0. The van der Waals surface area contributed by atoms with Gasteiger partial charge in [0, 0.05) is 11.4 Å². The van der Waals surface area contributed by atoms with Crippen molar-refractivity contribution in [1.29, 1.82) is 0 Å². The van der Waals surface area contributed by atoms with Crippen LogP contribution in [0.2, 0.25) is 0 Å². The molecule has 0 aromatic heterocycles. The van der Waals surface area contributed by atoms with Gasteiger partial charge in [0.05, 0.1) is 0 Å². The third-order valence-corrected chi connectivity index (χ3v) is 4.40. The molecule has 2 bridgehead atoms. The molecule has 2 atom stereocenters. The molecule has 72 valence electrons. The predicted molar refractivity (Wildman–Crippen MR) is 47.7 cm³/mol. The lowest BCUT2D eigenvalue weighted by molar-refractivity contribution is -0.323. The van der Waals surface area contributed by atoms with Crippen molar-refractivity contribution in [3.63, 3.8) is 0 Å². The van der Waals surface area contributed by atoms with Gasteiger partial charge >= 0.3 is 0 Å². The summed E-state index contributed by atoms with van der Waals surface area (Å²) < 4.78 is 0. The normalized spacial score (nSPS) is 41.1. The molecule has 2 fully saturated rings. The fraction of sp³-hybridized carbons (Fsp3) is 0.727. The van der Waals surface area contributed by atoms with E-state index in [-0.39, 0.29) is 5.41 Å². The minimum absolute atomic E-state index is 0.269. The van der Waals surface area contributed by atoms with Gasteiger partial charge in [-0.2, -0.15) is 0 Å². The third-order valence-electron chi connectivity index (χ3n) is 4.40. The van der Waals surface area contributed by atoms with E-state index in [4.69, 9.17) is 0 Å². The fourth-order valence-electron chi connectivity index (χ4n) is 3.17.